The lowest BCUT2D eigenvalue weighted by molar-refractivity contribution is -0.120. The number of carbonyl (C=O) groups excluding carboxylic acids is 1. The number of nitrogens with one attached hydrogen (secondary N) is 1. The van der Waals surface area contributed by atoms with Crippen LogP contribution in [-0.4, -0.2) is 39.1 Å². The highest BCUT2D eigenvalue weighted by atomic mass is 16.4. The summed E-state index contributed by atoms with van der Waals surface area (Å²) in [4.78, 5) is 30.5. The molecule has 1 atom stereocenters. The average Bonchev–Trinajstić information content (AvgIpc) is 2.77. The molecule has 0 fully saturated rings. The van der Waals surface area contributed by atoms with Crippen molar-refractivity contribution in [2.24, 2.45) is 5.92 Å². The number of rotatable bonds is 7. The number of hydrogen-bond donors (Lipinski definition) is 2. The third-order valence-corrected chi connectivity index (χ3v) is 5.31. The summed E-state index contributed by atoms with van der Waals surface area (Å²) in [6.07, 6.45) is 2.89. The van der Waals surface area contributed by atoms with Crippen molar-refractivity contribution in [1.29, 1.82) is 0 Å². The second-order valence-electron chi connectivity index (χ2n) is 8.75. The fourth-order valence-corrected chi connectivity index (χ4v) is 3.53. The van der Waals surface area contributed by atoms with Crippen LogP contribution in [0.1, 0.15) is 26.3 Å². The Hall–Kier alpha value is -3.67. The number of hydrogen-bond acceptors (Lipinski definition) is 3. The predicted octanol–water partition coefficient (Wildman–Crippen LogP) is 5.32. The van der Waals surface area contributed by atoms with Crippen LogP contribution < -0.4 is 5.32 Å². The molecule has 2 aromatic carbocycles. The molecule has 2 N–H and O–H groups in total. The zero-order valence-corrected chi connectivity index (χ0v) is 18.7. The number of anilines is 1. The summed E-state index contributed by atoms with van der Waals surface area (Å²) in [6.45, 7) is 5.60. The maximum atomic E-state index is 13.2. The van der Waals surface area contributed by atoms with Crippen LogP contribution in [0.2, 0.25) is 0 Å². The van der Waals surface area contributed by atoms with Crippen molar-refractivity contribution in [3.63, 3.8) is 0 Å². The van der Waals surface area contributed by atoms with E-state index in [1.165, 1.54) is 4.90 Å². The molecule has 6 nitrogen and oxygen atoms in total. The molecule has 0 aliphatic heterocycles. The smallest absolute Gasteiger partial charge is 0.407 e. The van der Waals surface area contributed by atoms with Gasteiger partial charge in [0, 0.05) is 30.2 Å². The number of amides is 2. The zero-order valence-electron chi connectivity index (χ0n) is 18.7. The van der Waals surface area contributed by atoms with E-state index in [0.29, 0.717) is 12.1 Å². The lowest BCUT2D eigenvalue weighted by Gasteiger charge is -2.35. The van der Waals surface area contributed by atoms with Crippen molar-refractivity contribution in [3.8, 4) is 11.1 Å². The van der Waals surface area contributed by atoms with E-state index in [1.54, 1.807) is 12.4 Å². The van der Waals surface area contributed by atoms with Gasteiger partial charge in [-0.3, -0.25) is 9.78 Å². The van der Waals surface area contributed by atoms with Gasteiger partial charge >= 0.3 is 6.09 Å². The number of nitrogens with zero attached hydrogens (tertiary/aromatic N) is 2. The zero-order chi connectivity index (χ0) is 23.1. The number of aromatic nitrogens is 1. The highest BCUT2D eigenvalue weighted by molar-refractivity contribution is 5.93. The summed E-state index contributed by atoms with van der Waals surface area (Å²) < 4.78 is 0. The molecule has 1 heterocycles. The minimum absolute atomic E-state index is 0.106. The van der Waals surface area contributed by atoms with E-state index < -0.39 is 17.6 Å². The Morgan fingerprint density at radius 1 is 0.938 bits per heavy atom. The molecule has 6 heteroatoms. The molecule has 0 saturated heterocycles. The van der Waals surface area contributed by atoms with Crippen molar-refractivity contribution in [1.82, 2.24) is 9.88 Å². The third-order valence-electron chi connectivity index (χ3n) is 5.31. The van der Waals surface area contributed by atoms with Crippen LogP contribution in [0.4, 0.5) is 10.5 Å². The van der Waals surface area contributed by atoms with Gasteiger partial charge in [-0.25, -0.2) is 4.79 Å². The number of pyridine rings is 1. The lowest BCUT2D eigenvalue weighted by atomic mass is 9.95. The molecule has 0 spiro atoms. The SMILES string of the molecule is CC(C)(C)N(CC(Cc1ccccc1)C(=O)Nc1ccc(-c2ccncc2)cc1)C(=O)O. The lowest BCUT2D eigenvalue weighted by Crippen LogP contribution is -2.49. The van der Waals surface area contributed by atoms with Crippen molar-refractivity contribution in [2.75, 3.05) is 11.9 Å². The fraction of sp³-hybridized carbons (Fsp3) is 0.269. The first kappa shape index (κ1) is 23.0. The fourth-order valence-electron chi connectivity index (χ4n) is 3.53. The highest BCUT2D eigenvalue weighted by Gasteiger charge is 2.31. The third kappa shape index (κ3) is 6.17. The molecular weight excluding hydrogens is 402 g/mol. The minimum Gasteiger partial charge on any atom is -0.465 e. The van der Waals surface area contributed by atoms with Gasteiger partial charge in [0.1, 0.15) is 0 Å². The first-order chi connectivity index (χ1) is 15.2. The summed E-state index contributed by atoms with van der Waals surface area (Å²) in [5.74, 6) is -0.742. The van der Waals surface area contributed by atoms with Gasteiger partial charge in [-0.2, -0.15) is 0 Å². The summed E-state index contributed by atoms with van der Waals surface area (Å²) in [7, 11) is 0. The van der Waals surface area contributed by atoms with Crippen LogP contribution in [0.15, 0.2) is 79.1 Å². The molecule has 0 saturated carbocycles. The normalized spacial score (nSPS) is 12.1. The van der Waals surface area contributed by atoms with Gasteiger partial charge in [-0.05, 0) is 68.1 Å². The first-order valence-electron chi connectivity index (χ1n) is 10.6. The van der Waals surface area contributed by atoms with Gasteiger partial charge in [-0.15, -0.1) is 0 Å². The van der Waals surface area contributed by atoms with Crippen LogP contribution in [-0.2, 0) is 11.2 Å². The first-order valence-corrected chi connectivity index (χ1v) is 10.6. The predicted molar refractivity (Wildman–Crippen MR) is 126 cm³/mol. The van der Waals surface area contributed by atoms with Crippen LogP contribution in [0.25, 0.3) is 11.1 Å². The van der Waals surface area contributed by atoms with E-state index in [2.05, 4.69) is 10.3 Å². The van der Waals surface area contributed by atoms with Crippen LogP contribution in [0.5, 0.6) is 0 Å². The molecular formula is C26H29N3O3. The highest BCUT2D eigenvalue weighted by Crippen LogP contribution is 2.23. The molecule has 1 aromatic heterocycles. The summed E-state index contributed by atoms with van der Waals surface area (Å²) in [5, 5.41) is 12.7. The molecule has 3 aromatic rings. The number of benzene rings is 2. The monoisotopic (exact) mass is 431 g/mol. The molecule has 1 unspecified atom stereocenters. The Morgan fingerprint density at radius 2 is 1.53 bits per heavy atom. The van der Waals surface area contributed by atoms with E-state index >= 15 is 0 Å². The second kappa shape index (κ2) is 10.1. The van der Waals surface area contributed by atoms with Crippen molar-refractivity contribution in [2.45, 2.75) is 32.7 Å². The maximum Gasteiger partial charge on any atom is 0.407 e. The molecule has 0 aliphatic rings. The summed E-state index contributed by atoms with van der Waals surface area (Å²) in [5.41, 5.74) is 3.11. The topological polar surface area (TPSA) is 82.5 Å². The molecule has 3 rings (SSSR count). The maximum absolute atomic E-state index is 13.2. The Kier molecular flexibility index (Phi) is 7.25. The molecule has 0 bridgehead atoms. The quantitative estimate of drug-likeness (QED) is 0.530. The van der Waals surface area contributed by atoms with Crippen LogP contribution in [0, 0.1) is 5.92 Å². The standard InChI is InChI=1S/C26H29N3O3/c1-26(2,3)29(25(31)32)18-22(17-19-7-5-4-6-8-19)24(30)28-23-11-9-20(10-12-23)21-13-15-27-16-14-21/h4-16,22H,17-18H2,1-3H3,(H,28,30)(H,31,32). The van der Waals surface area contributed by atoms with Gasteiger partial charge in [-0.1, -0.05) is 42.5 Å². The van der Waals surface area contributed by atoms with Crippen molar-refractivity contribution >= 4 is 17.7 Å². The van der Waals surface area contributed by atoms with E-state index in [9.17, 15) is 14.7 Å². The van der Waals surface area contributed by atoms with Crippen LogP contribution in [0.3, 0.4) is 0 Å². The average molecular weight is 432 g/mol. The summed E-state index contributed by atoms with van der Waals surface area (Å²) >= 11 is 0. The Balaban J connectivity index is 1.79. The molecule has 166 valence electrons. The van der Waals surface area contributed by atoms with Gasteiger partial charge < -0.3 is 15.3 Å². The Bertz CT molecular complexity index is 1030. The van der Waals surface area contributed by atoms with Gasteiger partial charge in [0.2, 0.25) is 5.91 Å². The van der Waals surface area contributed by atoms with Gasteiger partial charge in [0.05, 0.1) is 5.92 Å². The largest absolute Gasteiger partial charge is 0.465 e. The van der Waals surface area contributed by atoms with Crippen molar-refractivity contribution < 1.29 is 14.7 Å². The molecule has 0 aliphatic carbocycles. The van der Waals surface area contributed by atoms with E-state index in [-0.39, 0.29) is 12.5 Å². The summed E-state index contributed by atoms with van der Waals surface area (Å²) in [6, 6.07) is 21.1. The van der Waals surface area contributed by atoms with Crippen molar-refractivity contribution in [3.05, 3.63) is 84.7 Å². The van der Waals surface area contributed by atoms with Crippen LogP contribution >= 0.6 is 0 Å². The van der Waals surface area contributed by atoms with E-state index in [4.69, 9.17) is 0 Å². The van der Waals surface area contributed by atoms with Gasteiger partial charge in [0.25, 0.3) is 0 Å². The molecule has 32 heavy (non-hydrogen) atoms. The second-order valence-corrected chi connectivity index (χ2v) is 8.75. The molecule has 0 radical (unpaired) electrons. The number of carbonyl (C=O) groups is 2. The Morgan fingerprint density at radius 3 is 2.09 bits per heavy atom. The van der Waals surface area contributed by atoms with E-state index in [0.717, 1.165) is 16.7 Å². The minimum atomic E-state index is -1.04. The molecule has 2 amide bonds. The Labute approximate surface area is 188 Å². The van der Waals surface area contributed by atoms with Gasteiger partial charge in [0.15, 0.2) is 0 Å². The number of carboxylic acid groups (broad SMARTS) is 1. The van der Waals surface area contributed by atoms with E-state index in [1.807, 2.05) is 87.5 Å².